The number of nitrogens with two attached hydrogens (primary N) is 1. The van der Waals surface area contributed by atoms with Gasteiger partial charge in [-0.3, -0.25) is 0 Å². The summed E-state index contributed by atoms with van der Waals surface area (Å²) in [6, 6.07) is 5.13. The normalized spacial score (nSPS) is 22.6. The van der Waals surface area contributed by atoms with Crippen molar-refractivity contribution in [3.05, 3.63) is 23.8 Å². The van der Waals surface area contributed by atoms with Crippen LogP contribution in [0.2, 0.25) is 0 Å². The number of hydrogen-bond acceptors (Lipinski definition) is 5. The molecule has 1 saturated heterocycles. The van der Waals surface area contributed by atoms with E-state index in [1.54, 1.807) is 25.1 Å². The van der Waals surface area contributed by atoms with E-state index in [0.29, 0.717) is 30.3 Å². The van der Waals surface area contributed by atoms with Gasteiger partial charge in [0.2, 0.25) is 0 Å². The van der Waals surface area contributed by atoms with E-state index in [4.69, 9.17) is 10.5 Å². The zero-order valence-electron chi connectivity index (χ0n) is 12.0. The van der Waals surface area contributed by atoms with Gasteiger partial charge in [0.25, 0.3) is 0 Å². The molecule has 0 aliphatic carbocycles. The van der Waals surface area contributed by atoms with Crippen LogP contribution in [0.4, 0.5) is 11.4 Å². The lowest BCUT2D eigenvalue weighted by molar-refractivity contribution is 0.0526. The lowest BCUT2D eigenvalue weighted by atomic mass is 9.95. The molecule has 1 aromatic carbocycles. The quantitative estimate of drug-likeness (QED) is 0.649. The summed E-state index contributed by atoms with van der Waals surface area (Å²) in [6.45, 7) is 5.53. The van der Waals surface area contributed by atoms with Gasteiger partial charge in [0, 0.05) is 13.1 Å². The minimum Gasteiger partial charge on any atom is -0.462 e. The van der Waals surface area contributed by atoms with E-state index in [9.17, 15) is 9.90 Å². The van der Waals surface area contributed by atoms with Crippen molar-refractivity contribution in [2.45, 2.75) is 26.4 Å². The number of carbonyl (C=O) groups is 1. The largest absolute Gasteiger partial charge is 0.462 e. The van der Waals surface area contributed by atoms with Crippen LogP contribution in [0, 0.1) is 5.92 Å². The number of benzene rings is 1. The molecule has 2 rings (SSSR count). The number of piperidine rings is 1. The smallest absolute Gasteiger partial charge is 0.338 e. The molecule has 0 radical (unpaired) electrons. The summed E-state index contributed by atoms with van der Waals surface area (Å²) >= 11 is 0. The second-order valence-electron chi connectivity index (χ2n) is 5.27. The van der Waals surface area contributed by atoms with E-state index in [1.165, 1.54) is 0 Å². The number of aliphatic hydroxyl groups is 1. The van der Waals surface area contributed by atoms with Gasteiger partial charge in [-0.15, -0.1) is 0 Å². The molecular formula is C15H22N2O3. The third kappa shape index (κ3) is 3.04. The first-order valence-corrected chi connectivity index (χ1v) is 7.02. The second kappa shape index (κ2) is 6.13. The number of rotatable bonds is 3. The molecule has 1 aliphatic heterocycles. The Morgan fingerprint density at radius 2 is 2.30 bits per heavy atom. The van der Waals surface area contributed by atoms with Crippen molar-refractivity contribution >= 4 is 17.3 Å². The first-order valence-electron chi connectivity index (χ1n) is 7.02. The van der Waals surface area contributed by atoms with Gasteiger partial charge < -0.3 is 20.5 Å². The summed E-state index contributed by atoms with van der Waals surface area (Å²) in [6.07, 6.45) is 0.541. The Morgan fingerprint density at radius 3 is 2.95 bits per heavy atom. The summed E-state index contributed by atoms with van der Waals surface area (Å²) in [5.74, 6) is -0.0552. The van der Waals surface area contributed by atoms with Crippen LogP contribution in [0.5, 0.6) is 0 Å². The van der Waals surface area contributed by atoms with Crippen LogP contribution in [0.1, 0.15) is 30.6 Å². The minimum atomic E-state index is -0.366. The maximum Gasteiger partial charge on any atom is 0.338 e. The maximum atomic E-state index is 11.8. The number of aliphatic hydroxyl groups excluding tert-OH is 1. The molecule has 0 saturated carbocycles. The van der Waals surface area contributed by atoms with Crippen molar-refractivity contribution in [1.29, 1.82) is 0 Å². The molecule has 0 spiro atoms. The average molecular weight is 278 g/mol. The molecular weight excluding hydrogens is 256 g/mol. The van der Waals surface area contributed by atoms with Crippen LogP contribution in [-0.4, -0.2) is 36.9 Å². The van der Waals surface area contributed by atoms with Gasteiger partial charge in [0.05, 0.1) is 29.6 Å². The van der Waals surface area contributed by atoms with Crippen molar-refractivity contribution in [1.82, 2.24) is 0 Å². The van der Waals surface area contributed by atoms with Crippen molar-refractivity contribution in [2.75, 3.05) is 30.3 Å². The molecule has 3 N–H and O–H groups in total. The highest BCUT2D eigenvalue weighted by Gasteiger charge is 2.25. The van der Waals surface area contributed by atoms with E-state index in [-0.39, 0.29) is 12.1 Å². The topological polar surface area (TPSA) is 75.8 Å². The highest BCUT2D eigenvalue weighted by Crippen LogP contribution is 2.29. The lowest BCUT2D eigenvalue weighted by Gasteiger charge is -2.36. The highest BCUT2D eigenvalue weighted by molar-refractivity contribution is 5.92. The minimum absolute atomic E-state index is 0.292. The molecule has 0 bridgehead atoms. The first-order chi connectivity index (χ1) is 9.52. The van der Waals surface area contributed by atoms with Gasteiger partial charge in [-0.25, -0.2) is 4.79 Å². The maximum absolute atomic E-state index is 11.8. The van der Waals surface area contributed by atoms with Gasteiger partial charge in [0.15, 0.2) is 0 Å². The lowest BCUT2D eigenvalue weighted by Crippen LogP contribution is -2.43. The summed E-state index contributed by atoms with van der Waals surface area (Å²) in [5, 5.41) is 9.99. The number of hydrogen-bond donors (Lipinski definition) is 2. The van der Waals surface area contributed by atoms with Gasteiger partial charge in [-0.1, -0.05) is 6.92 Å². The Bertz CT molecular complexity index is 490. The molecule has 0 aromatic heterocycles. The molecule has 110 valence electrons. The number of anilines is 2. The van der Waals surface area contributed by atoms with E-state index in [0.717, 1.165) is 18.7 Å². The van der Waals surface area contributed by atoms with Crippen LogP contribution < -0.4 is 10.6 Å². The van der Waals surface area contributed by atoms with E-state index in [2.05, 4.69) is 0 Å². The number of esters is 1. The van der Waals surface area contributed by atoms with Gasteiger partial charge in [-0.2, -0.15) is 0 Å². The monoisotopic (exact) mass is 278 g/mol. The van der Waals surface area contributed by atoms with E-state index >= 15 is 0 Å². The number of carbonyl (C=O) groups excluding carboxylic acids is 1. The number of nitrogens with zero attached hydrogens (tertiary/aromatic N) is 1. The molecule has 1 heterocycles. The van der Waals surface area contributed by atoms with Crippen LogP contribution in [0.15, 0.2) is 18.2 Å². The predicted molar refractivity (Wildman–Crippen MR) is 78.8 cm³/mol. The molecule has 0 amide bonds. The third-order valence-corrected chi connectivity index (χ3v) is 3.80. The number of nitrogen functional groups attached to an aromatic ring is 1. The Balaban J connectivity index is 2.22. The summed E-state index contributed by atoms with van der Waals surface area (Å²) in [7, 11) is 0. The van der Waals surface area contributed by atoms with Gasteiger partial charge in [-0.05, 0) is 37.5 Å². The second-order valence-corrected chi connectivity index (χ2v) is 5.27. The summed E-state index contributed by atoms with van der Waals surface area (Å²) < 4.78 is 5.00. The summed E-state index contributed by atoms with van der Waals surface area (Å²) in [4.78, 5) is 13.8. The SMILES string of the molecule is CCOC(=O)c1ccc(N)c(N2CCC(C)C(O)C2)c1. The Labute approximate surface area is 119 Å². The van der Waals surface area contributed by atoms with Crippen molar-refractivity contribution in [3.63, 3.8) is 0 Å². The zero-order valence-corrected chi connectivity index (χ0v) is 12.0. The molecule has 5 heteroatoms. The standard InChI is InChI=1S/C15H22N2O3/c1-3-20-15(19)11-4-5-12(16)13(8-11)17-7-6-10(2)14(18)9-17/h4-5,8,10,14,18H,3,6-7,9,16H2,1-2H3. The average Bonchev–Trinajstić information content (AvgIpc) is 2.43. The van der Waals surface area contributed by atoms with Crippen LogP contribution in [-0.2, 0) is 4.74 Å². The molecule has 2 atom stereocenters. The fraction of sp³-hybridized carbons (Fsp3) is 0.533. The van der Waals surface area contributed by atoms with E-state index in [1.807, 2.05) is 11.8 Å². The number of β-amino-alcohol motifs (C(OH)–C–C–N with tert-alkyl or cyclic N) is 1. The van der Waals surface area contributed by atoms with Crippen molar-refractivity contribution in [3.8, 4) is 0 Å². The van der Waals surface area contributed by atoms with Gasteiger partial charge >= 0.3 is 5.97 Å². The fourth-order valence-corrected chi connectivity index (χ4v) is 2.43. The predicted octanol–water partition coefficient (Wildman–Crippen LogP) is 1.65. The Hall–Kier alpha value is -1.75. The van der Waals surface area contributed by atoms with Crippen molar-refractivity contribution < 1.29 is 14.6 Å². The van der Waals surface area contributed by atoms with Crippen LogP contribution in [0.25, 0.3) is 0 Å². The zero-order chi connectivity index (χ0) is 14.7. The molecule has 1 aliphatic rings. The highest BCUT2D eigenvalue weighted by atomic mass is 16.5. The molecule has 1 aromatic rings. The fourth-order valence-electron chi connectivity index (χ4n) is 2.43. The van der Waals surface area contributed by atoms with Gasteiger partial charge in [0.1, 0.15) is 0 Å². The Kier molecular flexibility index (Phi) is 4.49. The molecule has 2 unspecified atom stereocenters. The van der Waals surface area contributed by atoms with Crippen LogP contribution >= 0.6 is 0 Å². The molecule has 20 heavy (non-hydrogen) atoms. The molecule has 5 nitrogen and oxygen atoms in total. The van der Waals surface area contributed by atoms with Crippen molar-refractivity contribution in [2.24, 2.45) is 5.92 Å². The summed E-state index contributed by atoms with van der Waals surface area (Å²) in [5.41, 5.74) is 7.89. The molecule has 1 fully saturated rings. The third-order valence-electron chi connectivity index (χ3n) is 3.80. The first kappa shape index (κ1) is 14.7. The van der Waals surface area contributed by atoms with E-state index < -0.39 is 0 Å². The Morgan fingerprint density at radius 1 is 1.55 bits per heavy atom. The number of ether oxygens (including phenoxy) is 1. The van der Waals surface area contributed by atoms with Crippen LogP contribution in [0.3, 0.4) is 0 Å².